The molecule has 0 atom stereocenters. The van der Waals surface area contributed by atoms with Gasteiger partial charge >= 0.3 is 5.97 Å². The summed E-state index contributed by atoms with van der Waals surface area (Å²) in [5, 5.41) is 9.21. The minimum absolute atomic E-state index is 0.0278. The molecule has 0 heterocycles. The van der Waals surface area contributed by atoms with Crippen molar-refractivity contribution in [3.8, 4) is 28.7 Å². The van der Waals surface area contributed by atoms with E-state index < -0.39 is 5.97 Å². The van der Waals surface area contributed by atoms with Gasteiger partial charge in [-0.25, -0.2) is 0 Å². The van der Waals surface area contributed by atoms with E-state index in [-0.39, 0.29) is 18.1 Å². The number of para-hydroxylation sites is 2. The Morgan fingerprint density at radius 1 is 0.825 bits per heavy atom. The molecule has 0 aliphatic carbocycles. The maximum absolute atomic E-state index is 13.9. The Morgan fingerprint density at radius 3 is 2.10 bits per heavy atom. The number of benzene rings is 4. The lowest BCUT2D eigenvalue weighted by molar-refractivity contribution is -0.136. The summed E-state index contributed by atoms with van der Waals surface area (Å²) < 4.78 is 19.3. The molecule has 0 fully saturated rings. The van der Waals surface area contributed by atoms with Gasteiger partial charge in [0.2, 0.25) is 0 Å². The number of ketones is 1. The normalized spacial score (nSPS) is 10.9. The van der Waals surface area contributed by atoms with Crippen LogP contribution in [0.3, 0.4) is 0 Å². The summed E-state index contributed by atoms with van der Waals surface area (Å²) in [7, 11) is 1.58. The van der Waals surface area contributed by atoms with Crippen molar-refractivity contribution in [1.29, 1.82) is 0 Å². The van der Waals surface area contributed by atoms with E-state index in [1.165, 1.54) is 0 Å². The Labute approximate surface area is 250 Å². The molecule has 0 aromatic heterocycles. The summed E-state index contributed by atoms with van der Waals surface area (Å²) in [6, 6.07) is 21.6. The molecular weight excluding hydrogens is 640 g/mol. The first-order valence-electron chi connectivity index (χ1n) is 12.5. The van der Waals surface area contributed by atoms with Crippen molar-refractivity contribution < 1.29 is 28.9 Å². The maximum atomic E-state index is 13.9. The first-order valence-corrected chi connectivity index (χ1v) is 14.1. The predicted molar refractivity (Wildman–Crippen MR) is 161 cm³/mol. The summed E-state index contributed by atoms with van der Waals surface area (Å²) in [5.74, 6) is 1.22. The lowest BCUT2D eigenvalue weighted by Crippen LogP contribution is -2.07. The molecule has 0 bridgehead atoms. The molecule has 1 N–H and O–H groups in total. The molecule has 8 heteroatoms. The molecule has 0 unspecified atom stereocenters. The quantitative estimate of drug-likeness (QED) is 0.170. The second-order valence-electron chi connectivity index (χ2n) is 9.55. The fourth-order valence-corrected chi connectivity index (χ4v) is 5.68. The largest absolute Gasteiger partial charge is 0.493 e. The zero-order valence-corrected chi connectivity index (χ0v) is 25.6. The van der Waals surface area contributed by atoms with E-state index in [9.17, 15) is 14.7 Å². The predicted octanol–water partition coefficient (Wildman–Crippen LogP) is 9.09. The lowest BCUT2D eigenvalue weighted by Gasteiger charge is -2.20. The van der Waals surface area contributed by atoms with Crippen molar-refractivity contribution in [2.24, 2.45) is 0 Å². The summed E-state index contributed by atoms with van der Waals surface area (Å²) in [4.78, 5) is 25.1. The third-order valence-corrected chi connectivity index (χ3v) is 7.35. The molecule has 40 heavy (non-hydrogen) atoms. The van der Waals surface area contributed by atoms with E-state index in [0.29, 0.717) is 54.4 Å². The van der Waals surface area contributed by atoms with Gasteiger partial charge in [-0.05, 0) is 92.7 Å². The van der Waals surface area contributed by atoms with Crippen molar-refractivity contribution in [2.75, 3.05) is 7.11 Å². The van der Waals surface area contributed by atoms with Crippen molar-refractivity contribution >= 4 is 43.6 Å². The Balaban J connectivity index is 1.88. The van der Waals surface area contributed by atoms with Crippen LogP contribution < -0.4 is 14.2 Å². The van der Waals surface area contributed by atoms with Gasteiger partial charge in [-0.3, -0.25) is 9.59 Å². The van der Waals surface area contributed by atoms with Crippen LogP contribution in [-0.4, -0.2) is 24.0 Å². The van der Waals surface area contributed by atoms with Crippen LogP contribution in [0.25, 0.3) is 0 Å². The van der Waals surface area contributed by atoms with Gasteiger partial charge in [0, 0.05) is 11.1 Å². The molecule has 4 aromatic rings. The topological polar surface area (TPSA) is 82.1 Å². The molecule has 0 amide bonds. The number of hydrogen-bond acceptors (Lipinski definition) is 5. The summed E-state index contributed by atoms with van der Waals surface area (Å²) in [6.07, 6.45) is -0.138. The minimum atomic E-state index is -0.939. The first-order chi connectivity index (χ1) is 19.1. The highest BCUT2D eigenvalue weighted by Crippen LogP contribution is 2.44. The number of aliphatic carboxylic acids is 1. The zero-order valence-electron chi connectivity index (χ0n) is 22.5. The van der Waals surface area contributed by atoms with Gasteiger partial charge < -0.3 is 19.3 Å². The molecule has 4 rings (SSSR count). The number of methoxy groups -OCH3 is 1. The highest BCUT2D eigenvalue weighted by Gasteiger charge is 2.24. The lowest BCUT2D eigenvalue weighted by atomic mass is 9.95. The number of ether oxygens (including phenoxy) is 3. The van der Waals surface area contributed by atoms with E-state index >= 15 is 0 Å². The second-order valence-corrected chi connectivity index (χ2v) is 11.3. The van der Waals surface area contributed by atoms with E-state index in [1.54, 1.807) is 31.4 Å². The molecular formula is C32H28Br2O6. The number of carbonyl (C=O) groups excluding carboxylic acids is 1. The molecule has 206 valence electrons. The van der Waals surface area contributed by atoms with Gasteiger partial charge in [-0.1, -0.05) is 49.7 Å². The van der Waals surface area contributed by atoms with Crippen molar-refractivity contribution in [2.45, 2.75) is 33.1 Å². The molecule has 4 aromatic carbocycles. The number of carboxylic acid groups (broad SMARTS) is 1. The standard InChI is InChI=1S/C32H28Br2O6/c1-18(2)22-16-29(40-32-24(33)13-20(14-25(32)34)15-30(35)36)23(31(37)21-9-7-8-19(3)12-21)17-28(22)39-27-11-6-5-10-26(27)38-4/h5-14,16-18H,15H2,1-4H3,(H,35,36). The van der Waals surface area contributed by atoms with Crippen molar-refractivity contribution in [3.63, 3.8) is 0 Å². The highest BCUT2D eigenvalue weighted by molar-refractivity contribution is 9.11. The van der Waals surface area contributed by atoms with Crippen LogP contribution in [0, 0.1) is 6.92 Å². The van der Waals surface area contributed by atoms with E-state index in [1.807, 2.05) is 69.3 Å². The van der Waals surface area contributed by atoms with Crippen LogP contribution in [-0.2, 0) is 11.2 Å². The molecule has 0 aliphatic rings. The Kier molecular flexibility index (Phi) is 9.32. The van der Waals surface area contributed by atoms with E-state index in [0.717, 1.165) is 11.1 Å². The average molecular weight is 668 g/mol. The van der Waals surface area contributed by atoms with Gasteiger partial charge in [0.1, 0.15) is 11.5 Å². The van der Waals surface area contributed by atoms with Crippen LogP contribution in [0.2, 0.25) is 0 Å². The Morgan fingerprint density at radius 2 is 1.50 bits per heavy atom. The molecule has 0 spiro atoms. The van der Waals surface area contributed by atoms with E-state index in [4.69, 9.17) is 14.2 Å². The van der Waals surface area contributed by atoms with Crippen LogP contribution >= 0.6 is 31.9 Å². The summed E-state index contributed by atoms with van der Waals surface area (Å²) in [5.41, 5.74) is 3.21. The fraction of sp³-hybridized carbons (Fsp3) is 0.188. The SMILES string of the molecule is COc1ccccc1Oc1cc(C(=O)c2cccc(C)c2)c(Oc2c(Br)cc(CC(=O)O)cc2Br)cc1C(C)C. The van der Waals surface area contributed by atoms with E-state index in [2.05, 4.69) is 31.9 Å². The third-order valence-electron chi connectivity index (χ3n) is 6.17. The van der Waals surface area contributed by atoms with Gasteiger partial charge in [-0.2, -0.15) is 0 Å². The molecule has 0 aliphatic heterocycles. The van der Waals surface area contributed by atoms with Crippen LogP contribution in [0.1, 0.15) is 52.4 Å². The zero-order chi connectivity index (χ0) is 29.0. The highest BCUT2D eigenvalue weighted by atomic mass is 79.9. The van der Waals surface area contributed by atoms with Gasteiger partial charge in [-0.15, -0.1) is 0 Å². The fourth-order valence-electron chi connectivity index (χ4n) is 4.24. The number of aryl methyl sites for hydroxylation is 1. The number of carboxylic acids is 1. The van der Waals surface area contributed by atoms with Gasteiger partial charge in [0.15, 0.2) is 23.0 Å². The van der Waals surface area contributed by atoms with Gasteiger partial charge in [0.25, 0.3) is 0 Å². The molecule has 6 nitrogen and oxygen atoms in total. The summed E-state index contributed by atoms with van der Waals surface area (Å²) in [6.45, 7) is 5.99. The number of rotatable bonds is 10. The third kappa shape index (κ3) is 6.74. The Hall–Kier alpha value is -3.62. The number of hydrogen-bond donors (Lipinski definition) is 1. The minimum Gasteiger partial charge on any atom is -0.493 e. The monoisotopic (exact) mass is 666 g/mol. The summed E-state index contributed by atoms with van der Waals surface area (Å²) >= 11 is 7.02. The van der Waals surface area contributed by atoms with Crippen molar-refractivity contribution in [3.05, 3.63) is 110 Å². The van der Waals surface area contributed by atoms with Crippen molar-refractivity contribution in [1.82, 2.24) is 0 Å². The number of halogens is 2. The Bertz CT molecular complexity index is 1550. The molecule has 0 saturated heterocycles. The van der Waals surface area contributed by atoms with Gasteiger partial charge in [0.05, 0.1) is 28.0 Å². The molecule has 0 saturated carbocycles. The maximum Gasteiger partial charge on any atom is 0.307 e. The second kappa shape index (κ2) is 12.7. The number of carbonyl (C=O) groups is 2. The van der Waals surface area contributed by atoms with Crippen LogP contribution in [0.5, 0.6) is 28.7 Å². The van der Waals surface area contributed by atoms with Crippen LogP contribution in [0.15, 0.2) is 81.7 Å². The average Bonchev–Trinajstić information content (AvgIpc) is 2.90. The smallest absolute Gasteiger partial charge is 0.307 e. The molecule has 0 radical (unpaired) electrons. The van der Waals surface area contributed by atoms with Crippen LogP contribution in [0.4, 0.5) is 0 Å². The first kappa shape index (κ1) is 29.4.